The number of hydrogen-bond donors (Lipinski definition) is 1. The van der Waals surface area contributed by atoms with E-state index in [9.17, 15) is 9.59 Å². The predicted molar refractivity (Wildman–Crippen MR) is 73.8 cm³/mol. The topological polar surface area (TPSA) is 94.3 Å². The molecule has 110 valence electrons. The molecule has 0 unspecified atom stereocenters. The lowest BCUT2D eigenvalue weighted by Gasteiger charge is -2.02. The minimum atomic E-state index is -0.628. The molecule has 0 saturated heterocycles. The molecule has 1 aromatic carbocycles. The molecular formula is C14H15N3O4. The van der Waals surface area contributed by atoms with Gasteiger partial charge in [0.25, 0.3) is 0 Å². The second-order valence-electron chi connectivity index (χ2n) is 4.29. The van der Waals surface area contributed by atoms with Gasteiger partial charge in [0, 0.05) is 19.0 Å². The Kier molecular flexibility index (Phi) is 4.65. The van der Waals surface area contributed by atoms with Crippen LogP contribution in [0, 0.1) is 0 Å². The van der Waals surface area contributed by atoms with Gasteiger partial charge in [0.05, 0.1) is 6.61 Å². The monoisotopic (exact) mass is 289 g/mol. The van der Waals surface area contributed by atoms with Gasteiger partial charge in [-0.3, -0.25) is 4.79 Å². The highest BCUT2D eigenvalue weighted by Crippen LogP contribution is 2.12. The number of rotatable bonds is 5. The molecule has 7 heteroatoms. The van der Waals surface area contributed by atoms with Crippen LogP contribution in [-0.4, -0.2) is 28.6 Å². The summed E-state index contributed by atoms with van der Waals surface area (Å²) in [6.07, 6.45) is 0.420. The molecule has 0 aliphatic heterocycles. The standard InChI is InChI=1S/C14H15N3O4/c1-3-20-14(19)13-16-12(17-21-13)8-10-4-6-11(7-5-10)15-9(2)18/h4-7H,3,8H2,1-2H3,(H,15,18). The number of aromatic nitrogens is 2. The molecule has 2 rings (SSSR count). The highest BCUT2D eigenvalue weighted by molar-refractivity contribution is 5.88. The van der Waals surface area contributed by atoms with E-state index < -0.39 is 5.97 Å². The number of hydrogen-bond acceptors (Lipinski definition) is 6. The Hall–Kier alpha value is -2.70. The van der Waals surface area contributed by atoms with Gasteiger partial charge in [-0.2, -0.15) is 4.98 Å². The summed E-state index contributed by atoms with van der Waals surface area (Å²) in [5, 5.41) is 6.41. The highest BCUT2D eigenvalue weighted by atomic mass is 16.6. The van der Waals surface area contributed by atoms with Crippen LogP contribution in [0.2, 0.25) is 0 Å². The van der Waals surface area contributed by atoms with Crippen LogP contribution in [0.4, 0.5) is 5.69 Å². The summed E-state index contributed by atoms with van der Waals surface area (Å²) < 4.78 is 9.60. The lowest BCUT2D eigenvalue weighted by Crippen LogP contribution is -2.05. The Bertz CT molecular complexity index is 634. The molecule has 1 heterocycles. The third-order valence-electron chi connectivity index (χ3n) is 2.55. The highest BCUT2D eigenvalue weighted by Gasteiger charge is 2.16. The number of carbonyl (C=O) groups excluding carboxylic acids is 2. The molecule has 0 atom stereocenters. The Balaban J connectivity index is 2.01. The predicted octanol–water partition coefficient (Wildman–Crippen LogP) is 1.80. The number of amides is 1. The third kappa shape index (κ3) is 4.13. The second-order valence-corrected chi connectivity index (χ2v) is 4.29. The lowest BCUT2D eigenvalue weighted by molar-refractivity contribution is -0.114. The maximum absolute atomic E-state index is 11.4. The molecule has 0 bridgehead atoms. The van der Waals surface area contributed by atoms with Crippen molar-refractivity contribution in [3.8, 4) is 0 Å². The summed E-state index contributed by atoms with van der Waals surface area (Å²) in [5.41, 5.74) is 1.65. The van der Waals surface area contributed by atoms with Crippen LogP contribution in [0.1, 0.15) is 35.9 Å². The van der Waals surface area contributed by atoms with Crippen LogP contribution >= 0.6 is 0 Å². The first-order valence-electron chi connectivity index (χ1n) is 6.44. The molecule has 0 aliphatic rings. The van der Waals surface area contributed by atoms with Crippen LogP contribution in [0.5, 0.6) is 0 Å². The van der Waals surface area contributed by atoms with Gasteiger partial charge in [-0.1, -0.05) is 17.3 Å². The minimum absolute atomic E-state index is 0.125. The van der Waals surface area contributed by atoms with E-state index in [-0.39, 0.29) is 18.4 Å². The molecule has 1 aromatic heterocycles. The molecule has 1 amide bonds. The number of ether oxygens (including phenoxy) is 1. The van der Waals surface area contributed by atoms with E-state index in [1.807, 2.05) is 12.1 Å². The van der Waals surface area contributed by atoms with E-state index in [0.29, 0.717) is 17.9 Å². The van der Waals surface area contributed by atoms with Gasteiger partial charge >= 0.3 is 11.9 Å². The molecule has 0 radical (unpaired) electrons. The molecule has 0 spiro atoms. The number of nitrogens with zero attached hydrogens (tertiary/aromatic N) is 2. The van der Waals surface area contributed by atoms with Gasteiger partial charge < -0.3 is 14.6 Å². The Labute approximate surface area is 121 Å². The molecule has 0 fully saturated rings. The van der Waals surface area contributed by atoms with Crippen molar-refractivity contribution >= 4 is 17.6 Å². The van der Waals surface area contributed by atoms with Crippen molar-refractivity contribution in [1.82, 2.24) is 10.1 Å². The van der Waals surface area contributed by atoms with E-state index in [1.165, 1.54) is 6.92 Å². The average molecular weight is 289 g/mol. The zero-order chi connectivity index (χ0) is 15.2. The summed E-state index contributed by atoms with van der Waals surface area (Å²) in [5.74, 6) is -0.510. The largest absolute Gasteiger partial charge is 0.459 e. The first-order chi connectivity index (χ1) is 10.1. The van der Waals surface area contributed by atoms with E-state index in [2.05, 4.69) is 15.5 Å². The molecule has 1 N–H and O–H groups in total. The number of benzene rings is 1. The van der Waals surface area contributed by atoms with Crippen LogP contribution in [0.25, 0.3) is 0 Å². The molecule has 0 saturated carbocycles. The van der Waals surface area contributed by atoms with Crippen molar-refractivity contribution in [2.45, 2.75) is 20.3 Å². The van der Waals surface area contributed by atoms with Gasteiger partial charge in [-0.25, -0.2) is 4.79 Å². The zero-order valence-electron chi connectivity index (χ0n) is 11.8. The summed E-state index contributed by atoms with van der Waals surface area (Å²) >= 11 is 0. The molecule has 0 aliphatic carbocycles. The van der Waals surface area contributed by atoms with Crippen molar-refractivity contribution < 1.29 is 18.8 Å². The van der Waals surface area contributed by atoms with E-state index in [1.54, 1.807) is 19.1 Å². The third-order valence-corrected chi connectivity index (χ3v) is 2.55. The molecule has 2 aromatic rings. The summed E-state index contributed by atoms with van der Waals surface area (Å²) in [6, 6.07) is 7.24. The van der Waals surface area contributed by atoms with Crippen LogP contribution < -0.4 is 5.32 Å². The maximum atomic E-state index is 11.4. The summed E-state index contributed by atoms with van der Waals surface area (Å²) in [6.45, 7) is 3.40. The number of nitrogens with one attached hydrogen (secondary N) is 1. The molecular weight excluding hydrogens is 274 g/mol. The van der Waals surface area contributed by atoms with E-state index in [4.69, 9.17) is 9.26 Å². The number of esters is 1. The Morgan fingerprint density at radius 1 is 1.29 bits per heavy atom. The fraction of sp³-hybridized carbons (Fsp3) is 0.286. The molecule has 7 nitrogen and oxygen atoms in total. The first kappa shape index (κ1) is 14.7. The smallest absolute Gasteiger partial charge is 0.397 e. The molecule has 21 heavy (non-hydrogen) atoms. The van der Waals surface area contributed by atoms with Gasteiger partial charge in [-0.05, 0) is 24.6 Å². The van der Waals surface area contributed by atoms with Crippen molar-refractivity contribution in [1.29, 1.82) is 0 Å². The summed E-state index contributed by atoms with van der Waals surface area (Å²) in [4.78, 5) is 26.3. The van der Waals surface area contributed by atoms with Gasteiger partial charge in [-0.15, -0.1) is 0 Å². The van der Waals surface area contributed by atoms with Gasteiger partial charge in [0.15, 0.2) is 5.82 Å². The van der Waals surface area contributed by atoms with Crippen molar-refractivity contribution in [3.05, 3.63) is 41.5 Å². The average Bonchev–Trinajstić information content (AvgIpc) is 2.89. The second kappa shape index (κ2) is 6.65. The fourth-order valence-corrected chi connectivity index (χ4v) is 1.69. The first-order valence-corrected chi connectivity index (χ1v) is 6.44. The van der Waals surface area contributed by atoms with E-state index >= 15 is 0 Å². The van der Waals surface area contributed by atoms with E-state index in [0.717, 1.165) is 5.56 Å². The number of anilines is 1. The van der Waals surface area contributed by atoms with Crippen molar-refractivity contribution in [3.63, 3.8) is 0 Å². The minimum Gasteiger partial charge on any atom is -0.459 e. The number of carbonyl (C=O) groups is 2. The zero-order valence-corrected chi connectivity index (χ0v) is 11.8. The Morgan fingerprint density at radius 3 is 2.62 bits per heavy atom. The van der Waals surface area contributed by atoms with Crippen molar-refractivity contribution in [2.24, 2.45) is 0 Å². The van der Waals surface area contributed by atoms with Crippen LogP contribution in [0.3, 0.4) is 0 Å². The lowest BCUT2D eigenvalue weighted by atomic mass is 10.1. The maximum Gasteiger partial charge on any atom is 0.397 e. The quantitative estimate of drug-likeness (QED) is 0.843. The SMILES string of the molecule is CCOC(=O)c1nc(Cc2ccc(NC(C)=O)cc2)no1. The normalized spacial score (nSPS) is 10.2. The fourth-order valence-electron chi connectivity index (χ4n) is 1.69. The van der Waals surface area contributed by atoms with Crippen LogP contribution in [-0.2, 0) is 16.0 Å². The van der Waals surface area contributed by atoms with Crippen LogP contribution in [0.15, 0.2) is 28.8 Å². The Morgan fingerprint density at radius 2 is 2.00 bits per heavy atom. The van der Waals surface area contributed by atoms with Crippen molar-refractivity contribution in [2.75, 3.05) is 11.9 Å². The van der Waals surface area contributed by atoms with Gasteiger partial charge in [0.1, 0.15) is 0 Å². The summed E-state index contributed by atoms with van der Waals surface area (Å²) in [7, 11) is 0. The van der Waals surface area contributed by atoms with Gasteiger partial charge in [0.2, 0.25) is 5.91 Å².